The maximum absolute atomic E-state index is 12.0. The first-order chi connectivity index (χ1) is 10.6. The van der Waals surface area contributed by atoms with Crippen molar-refractivity contribution in [1.82, 2.24) is 0 Å². The topological polar surface area (TPSA) is 67.4 Å². The van der Waals surface area contributed by atoms with Crippen molar-refractivity contribution in [3.8, 4) is 5.75 Å². The average Bonchev–Trinajstić information content (AvgIpc) is 2.49. The molecule has 0 aliphatic carbocycles. The highest BCUT2D eigenvalue weighted by Gasteiger charge is 2.16. The van der Waals surface area contributed by atoms with E-state index in [2.05, 4.69) is 26.6 Å². The molecular weight excluding hydrogens is 348 g/mol. The zero-order valence-corrected chi connectivity index (χ0v) is 13.5. The van der Waals surface area contributed by atoms with Gasteiger partial charge >= 0.3 is 11.8 Å². The molecule has 5 nitrogen and oxygen atoms in total. The fourth-order valence-corrected chi connectivity index (χ4v) is 2.18. The van der Waals surface area contributed by atoms with Crippen LogP contribution < -0.4 is 15.4 Å². The van der Waals surface area contributed by atoms with Crippen molar-refractivity contribution < 1.29 is 14.3 Å². The van der Waals surface area contributed by atoms with Crippen LogP contribution in [-0.2, 0) is 9.59 Å². The summed E-state index contributed by atoms with van der Waals surface area (Å²) in [6, 6.07) is 14.0. The predicted octanol–water partition coefficient (Wildman–Crippen LogP) is 3.43. The number of hydrogen-bond donors (Lipinski definition) is 2. The van der Waals surface area contributed by atoms with Gasteiger partial charge in [-0.15, -0.1) is 0 Å². The molecule has 0 unspecified atom stereocenters. The number of carbonyl (C=O) groups is 2. The molecule has 0 saturated heterocycles. The van der Waals surface area contributed by atoms with E-state index in [0.717, 1.165) is 4.47 Å². The van der Waals surface area contributed by atoms with Crippen molar-refractivity contribution in [1.29, 1.82) is 0 Å². The normalized spacial score (nSPS) is 9.91. The Morgan fingerprint density at radius 3 is 2.50 bits per heavy atom. The monoisotopic (exact) mass is 362 g/mol. The van der Waals surface area contributed by atoms with Crippen molar-refractivity contribution >= 4 is 39.1 Å². The van der Waals surface area contributed by atoms with Crippen LogP contribution in [0.3, 0.4) is 0 Å². The number of amides is 2. The lowest BCUT2D eigenvalue weighted by Crippen LogP contribution is -2.29. The van der Waals surface area contributed by atoms with Gasteiger partial charge < -0.3 is 15.4 Å². The Morgan fingerprint density at radius 1 is 1.05 bits per heavy atom. The molecule has 0 spiro atoms. The maximum Gasteiger partial charge on any atom is 0.314 e. The van der Waals surface area contributed by atoms with Gasteiger partial charge in [0.25, 0.3) is 0 Å². The summed E-state index contributed by atoms with van der Waals surface area (Å²) < 4.78 is 6.21. The van der Waals surface area contributed by atoms with Crippen LogP contribution in [0.1, 0.15) is 6.92 Å². The van der Waals surface area contributed by atoms with Gasteiger partial charge in [0.15, 0.2) is 0 Å². The summed E-state index contributed by atoms with van der Waals surface area (Å²) in [6.07, 6.45) is 0. The van der Waals surface area contributed by atoms with Crippen LogP contribution >= 0.6 is 15.9 Å². The van der Waals surface area contributed by atoms with E-state index in [1.54, 1.807) is 42.5 Å². The summed E-state index contributed by atoms with van der Waals surface area (Å²) in [6.45, 7) is 2.32. The van der Waals surface area contributed by atoms with Gasteiger partial charge in [0.2, 0.25) is 0 Å². The van der Waals surface area contributed by atoms with Crippen LogP contribution in [0.2, 0.25) is 0 Å². The minimum absolute atomic E-state index is 0.457. The molecule has 6 heteroatoms. The van der Waals surface area contributed by atoms with Gasteiger partial charge in [0.05, 0.1) is 12.3 Å². The third-order valence-electron chi connectivity index (χ3n) is 2.72. The van der Waals surface area contributed by atoms with Crippen molar-refractivity contribution in [2.45, 2.75) is 6.92 Å². The van der Waals surface area contributed by atoms with Crippen LogP contribution in [0, 0.1) is 0 Å². The molecule has 0 radical (unpaired) electrons. The summed E-state index contributed by atoms with van der Waals surface area (Å²) in [7, 11) is 0. The number of hydrogen-bond acceptors (Lipinski definition) is 3. The van der Waals surface area contributed by atoms with Crippen LogP contribution in [-0.4, -0.2) is 18.4 Å². The molecule has 22 heavy (non-hydrogen) atoms. The van der Waals surface area contributed by atoms with E-state index < -0.39 is 11.8 Å². The van der Waals surface area contributed by atoms with Gasteiger partial charge in [-0.25, -0.2) is 0 Å². The molecule has 0 saturated carbocycles. The molecule has 0 aliphatic heterocycles. The van der Waals surface area contributed by atoms with E-state index in [1.165, 1.54) is 0 Å². The molecule has 2 rings (SSSR count). The Bertz CT molecular complexity index is 689. The highest BCUT2D eigenvalue weighted by atomic mass is 79.9. The SMILES string of the molecule is CCOc1ccccc1NC(=O)C(=O)Nc1cccc(Br)c1. The minimum Gasteiger partial charge on any atom is -0.492 e. The first-order valence-electron chi connectivity index (χ1n) is 6.70. The molecule has 2 amide bonds. The van der Waals surface area contributed by atoms with Crippen molar-refractivity contribution in [2.24, 2.45) is 0 Å². The number of ether oxygens (including phenoxy) is 1. The number of para-hydroxylation sites is 2. The second-order valence-electron chi connectivity index (χ2n) is 4.35. The Labute approximate surface area is 136 Å². The second-order valence-corrected chi connectivity index (χ2v) is 5.26. The van der Waals surface area contributed by atoms with Crippen LogP contribution in [0.15, 0.2) is 53.0 Å². The standard InChI is InChI=1S/C16H15BrN2O3/c1-2-22-14-9-4-3-8-13(14)19-16(21)15(20)18-12-7-5-6-11(17)10-12/h3-10H,2H2,1H3,(H,18,20)(H,19,21). The van der Waals surface area contributed by atoms with E-state index in [4.69, 9.17) is 4.74 Å². The van der Waals surface area contributed by atoms with E-state index >= 15 is 0 Å². The lowest BCUT2D eigenvalue weighted by molar-refractivity contribution is -0.133. The highest BCUT2D eigenvalue weighted by Crippen LogP contribution is 2.23. The molecule has 2 N–H and O–H groups in total. The fraction of sp³-hybridized carbons (Fsp3) is 0.125. The van der Waals surface area contributed by atoms with E-state index in [1.807, 2.05) is 13.0 Å². The Balaban J connectivity index is 2.04. The highest BCUT2D eigenvalue weighted by molar-refractivity contribution is 9.10. The molecule has 0 aliphatic rings. The Morgan fingerprint density at radius 2 is 1.77 bits per heavy atom. The summed E-state index contributed by atoms with van der Waals surface area (Å²) in [5, 5.41) is 5.07. The molecule has 0 fully saturated rings. The molecule has 2 aromatic rings. The fourth-order valence-electron chi connectivity index (χ4n) is 1.78. The number of rotatable bonds is 4. The summed E-state index contributed by atoms with van der Waals surface area (Å²) in [5.41, 5.74) is 0.992. The number of carbonyl (C=O) groups excluding carboxylic acids is 2. The average molecular weight is 363 g/mol. The first kappa shape index (κ1) is 16.0. The number of nitrogens with one attached hydrogen (secondary N) is 2. The van der Waals surface area contributed by atoms with Gasteiger partial charge in [-0.05, 0) is 37.3 Å². The third kappa shape index (κ3) is 4.33. The van der Waals surface area contributed by atoms with Gasteiger partial charge in [-0.3, -0.25) is 9.59 Å². The zero-order chi connectivity index (χ0) is 15.9. The maximum atomic E-state index is 12.0. The molecule has 0 bridgehead atoms. The van der Waals surface area contributed by atoms with E-state index in [-0.39, 0.29) is 0 Å². The van der Waals surface area contributed by atoms with Crippen LogP contribution in [0.25, 0.3) is 0 Å². The van der Waals surface area contributed by atoms with Gasteiger partial charge in [-0.1, -0.05) is 34.1 Å². The lowest BCUT2D eigenvalue weighted by Gasteiger charge is -2.11. The summed E-state index contributed by atoms with van der Waals surface area (Å²) >= 11 is 3.30. The largest absolute Gasteiger partial charge is 0.492 e. The molecule has 114 valence electrons. The predicted molar refractivity (Wildman–Crippen MR) is 89.0 cm³/mol. The van der Waals surface area contributed by atoms with Gasteiger partial charge in [0.1, 0.15) is 5.75 Å². The van der Waals surface area contributed by atoms with Crippen molar-refractivity contribution in [2.75, 3.05) is 17.2 Å². The van der Waals surface area contributed by atoms with Crippen LogP contribution in [0.4, 0.5) is 11.4 Å². The number of benzene rings is 2. The summed E-state index contributed by atoms with van der Waals surface area (Å²) in [4.78, 5) is 23.9. The third-order valence-corrected chi connectivity index (χ3v) is 3.22. The van der Waals surface area contributed by atoms with Crippen molar-refractivity contribution in [3.63, 3.8) is 0 Å². The quantitative estimate of drug-likeness (QED) is 0.818. The van der Waals surface area contributed by atoms with E-state index in [9.17, 15) is 9.59 Å². The lowest BCUT2D eigenvalue weighted by atomic mass is 10.3. The number of anilines is 2. The minimum atomic E-state index is -0.757. The molecule has 0 heterocycles. The molecule has 0 atom stereocenters. The smallest absolute Gasteiger partial charge is 0.314 e. The Hall–Kier alpha value is -2.34. The van der Waals surface area contributed by atoms with E-state index in [0.29, 0.717) is 23.7 Å². The van der Waals surface area contributed by atoms with Gasteiger partial charge in [-0.2, -0.15) is 0 Å². The zero-order valence-electron chi connectivity index (χ0n) is 11.9. The van der Waals surface area contributed by atoms with Crippen LogP contribution in [0.5, 0.6) is 5.75 Å². The molecule has 2 aromatic carbocycles. The summed E-state index contributed by atoms with van der Waals surface area (Å²) in [5.74, 6) is -0.981. The second kappa shape index (κ2) is 7.61. The van der Waals surface area contributed by atoms with Crippen molar-refractivity contribution in [3.05, 3.63) is 53.0 Å². The number of halogens is 1. The Kier molecular flexibility index (Phi) is 5.55. The van der Waals surface area contributed by atoms with Gasteiger partial charge in [0, 0.05) is 10.2 Å². The first-order valence-corrected chi connectivity index (χ1v) is 7.49. The molecular formula is C16H15BrN2O3. The molecule has 0 aromatic heterocycles.